The normalized spacial score (nSPS) is 31.5. The van der Waals surface area contributed by atoms with Crippen molar-refractivity contribution in [2.24, 2.45) is 23.2 Å². The van der Waals surface area contributed by atoms with Crippen LogP contribution in [0.2, 0.25) is 0 Å². The minimum absolute atomic E-state index is 0.00622. The number of likely N-dealkylation sites (tertiary alicyclic amines) is 1. The van der Waals surface area contributed by atoms with E-state index in [0.717, 1.165) is 37.0 Å². The smallest absolute Gasteiger partial charge is 0.369 e. The Hall–Kier alpha value is -2.15. The van der Waals surface area contributed by atoms with E-state index >= 15 is 4.39 Å². The van der Waals surface area contributed by atoms with Gasteiger partial charge in [0, 0.05) is 65.9 Å². The standard InChI is InChI=1S/C27H29F7N4OS/c28-20-15-3-4-19(16(20)5-13-1-2-13)36-21(15)24(39)38-11-25(12-38)9-37(10-25)22-17-6-14(7-26(29,30)31)40-23(17)35-8-18(22)27(32,33)34/h6,8,13,15-16,19-21,36H,1-5,7,9-12H2/t15-,16+,19+,20+,21+/m1/s1. The van der Waals surface area contributed by atoms with E-state index in [4.69, 9.17) is 0 Å². The van der Waals surface area contributed by atoms with Crippen molar-refractivity contribution in [3.8, 4) is 0 Å². The van der Waals surface area contributed by atoms with Crippen LogP contribution < -0.4 is 10.2 Å². The van der Waals surface area contributed by atoms with Crippen molar-refractivity contribution in [1.29, 1.82) is 0 Å². The van der Waals surface area contributed by atoms with Crippen molar-refractivity contribution < 1.29 is 35.5 Å². The predicted octanol–water partition coefficient (Wildman–Crippen LogP) is 5.57. The van der Waals surface area contributed by atoms with Gasteiger partial charge in [-0.1, -0.05) is 12.8 Å². The van der Waals surface area contributed by atoms with Crippen LogP contribution in [0.5, 0.6) is 0 Å². The van der Waals surface area contributed by atoms with Crippen LogP contribution in [0.4, 0.5) is 36.4 Å². The van der Waals surface area contributed by atoms with Crippen LogP contribution in [0, 0.1) is 23.2 Å². The summed E-state index contributed by atoms with van der Waals surface area (Å²) in [7, 11) is 0. The summed E-state index contributed by atoms with van der Waals surface area (Å²) in [6.07, 6.45) is -5.98. The lowest BCUT2D eigenvalue weighted by Crippen LogP contribution is -2.76. The molecular weight excluding hydrogens is 561 g/mol. The number of carbonyl (C=O) groups is 1. The van der Waals surface area contributed by atoms with Crippen molar-refractivity contribution in [2.45, 2.75) is 69.1 Å². The summed E-state index contributed by atoms with van der Waals surface area (Å²) >= 11 is 0.746. The van der Waals surface area contributed by atoms with E-state index in [0.29, 0.717) is 31.6 Å². The van der Waals surface area contributed by atoms with E-state index in [2.05, 4.69) is 10.3 Å². The maximum absolute atomic E-state index is 15.4. The molecule has 0 radical (unpaired) electrons. The molecule has 13 heteroatoms. The zero-order valence-electron chi connectivity index (χ0n) is 21.5. The van der Waals surface area contributed by atoms with Crippen LogP contribution in [0.3, 0.4) is 0 Å². The minimum Gasteiger partial charge on any atom is -0.369 e. The first-order valence-electron chi connectivity index (χ1n) is 13.8. The number of carbonyl (C=O) groups excluding carboxylic acids is 1. The van der Waals surface area contributed by atoms with Gasteiger partial charge in [0.15, 0.2) is 0 Å². The summed E-state index contributed by atoms with van der Waals surface area (Å²) in [6.45, 7) is 1.25. The Balaban J connectivity index is 1.04. The van der Waals surface area contributed by atoms with Gasteiger partial charge in [-0.15, -0.1) is 11.3 Å². The van der Waals surface area contributed by atoms with Gasteiger partial charge in [-0.25, -0.2) is 9.37 Å². The van der Waals surface area contributed by atoms with Gasteiger partial charge in [0.1, 0.15) is 11.0 Å². The molecule has 2 aromatic rings. The van der Waals surface area contributed by atoms with Gasteiger partial charge in [-0.3, -0.25) is 4.79 Å². The number of amides is 1. The van der Waals surface area contributed by atoms with E-state index in [-0.39, 0.29) is 63.1 Å². The fraction of sp³-hybridized carbons (Fsp3) is 0.704. The zero-order valence-corrected chi connectivity index (χ0v) is 22.3. The van der Waals surface area contributed by atoms with Gasteiger partial charge in [-0.05, 0) is 31.2 Å². The minimum atomic E-state index is -4.72. The molecule has 2 saturated carbocycles. The molecule has 2 aromatic heterocycles. The van der Waals surface area contributed by atoms with Crippen LogP contribution in [0.15, 0.2) is 12.3 Å². The fourth-order valence-electron chi connectivity index (χ4n) is 7.58. The number of piperidine rings is 2. The number of nitrogens with zero attached hydrogens (tertiary/aromatic N) is 3. The Morgan fingerprint density at radius 1 is 1.07 bits per heavy atom. The summed E-state index contributed by atoms with van der Waals surface area (Å²) in [5.74, 6) is 0.0926. The molecule has 1 amide bonds. The quantitative estimate of drug-likeness (QED) is 0.463. The largest absolute Gasteiger partial charge is 0.419 e. The van der Waals surface area contributed by atoms with E-state index in [1.54, 1.807) is 9.80 Å². The van der Waals surface area contributed by atoms with Crippen molar-refractivity contribution in [1.82, 2.24) is 15.2 Å². The Morgan fingerprint density at radius 3 is 2.42 bits per heavy atom. The lowest BCUT2D eigenvalue weighted by molar-refractivity contribution is -0.155. The van der Waals surface area contributed by atoms with E-state index in [1.165, 1.54) is 6.07 Å². The first-order chi connectivity index (χ1) is 18.8. The number of hydrogen-bond acceptors (Lipinski definition) is 5. The van der Waals surface area contributed by atoms with Crippen LogP contribution in [-0.2, 0) is 17.4 Å². The average molecular weight is 591 g/mol. The van der Waals surface area contributed by atoms with E-state index in [9.17, 15) is 31.1 Å². The van der Waals surface area contributed by atoms with Crippen LogP contribution in [0.1, 0.15) is 42.5 Å². The monoisotopic (exact) mass is 590 g/mol. The lowest BCUT2D eigenvalue weighted by atomic mass is 9.66. The Morgan fingerprint density at radius 2 is 1.80 bits per heavy atom. The van der Waals surface area contributed by atoms with Gasteiger partial charge < -0.3 is 15.1 Å². The summed E-state index contributed by atoms with van der Waals surface area (Å²) in [4.78, 5) is 20.4. The van der Waals surface area contributed by atoms with Crippen LogP contribution in [-0.4, -0.2) is 66.4 Å². The molecule has 5 atom stereocenters. The topological polar surface area (TPSA) is 48.5 Å². The highest BCUT2D eigenvalue weighted by Gasteiger charge is 2.58. The number of anilines is 1. The van der Waals surface area contributed by atoms with Gasteiger partial charge in [-0.2, -0.15) is 26.3 Å². The van der Waals surface area contributed by atoms with Gasteiger partial charge in [0.05, 0.1) is 23.7 Å². The first-order valence-corrected chi connectivity index (χ1v) is 14.6. The van der Waals surface area contributed by atoms with Gasteiger partial charge in [0.2, 0.25) is 5.91 Å². The number of aromatic nitrogens is 1. The number of hydrogen-bond donors (Lipinski definition) is 1. The highest BCUT2D eigenvalue weighted by atomic mass is 32.1. The third-order valence-corrected chi connectivity index (χ3v) is 10.6. The predicted molar refractivity (Wildman–Crippen MR) is 135 cm³/mol. The number of alkyl halides is 7. The third-order valence-electron chi connectivity index (χ3n) is 9.53. The summed E-state index contributed by atoms with van der Waals surface area (Å²) in [5.41, 5.74) is -1.50. The van der Waals surface area contributed by atoms with Crippen molar-refractivity contribution in [3.63, 3.8) is 0 Å². The third kappa shape index (κ3) is 4.55. The molecule has 6 fully saturated rings. The molecule has 4 aliphatic heterocycles. The first kappa shape index (κ1) is 26.7. The number of rotatable bonds is 5. The molecule has 218 valence electrons. The second kappa shape index (κ2) is 8.92. The summed E-state index contributed by atoms with van der Waals surface area (Å²) in [6, 6.07) is 0.610. The fourth-order valence-corrected chi connectivity index (χ4v) is 8.61. The Kier molecular flexibility index (Phi) is 5.96. The average Bonchev–Trinajstić information content (AvgIpc) is 3.54. The maximum Gasteiger partial charge on any atom is 0.419 e. The number of pyridine rings is 1. The SMILES string of the molecule is O=C([C@H]1N[C@H]2CC[C@@H]1[C@H](F)[C@H]2CC1CC1)N1CC2(C1)CN(c1c(C(F)(F)F)cnc3sc(CC(F)(F)F)cc13)C2. The maximum atomic E-state index is 15.4. The molecule has 5 nitrogen and oxygen atoms in total. The molecule has 1 N–H and O–H groups in total. The van der Waals surface area contributed by atoms with Crippen molar-refractivity contribution >= 4 is 33.1 Å². The summed E-state index contributed by atoms with van der Waals surface area (Å²) in [5, 5.41) is 3.49. The van der Waals surface area contributed by atoms with Crippen molar-refractivity contribution in [2.75, 3.05) is 31.1 Å². The molecule has 1 spiro atoms. The highest BCUT2D eigenvalue weighted by Crippen LogP contribution is 2.51. The molecule has 2 bridgehead atoms. The van der Waals surface area contributed by atoms with Gasteiger partial charge in [0.25, 0.3) is 0 Å². The lowest BCUT2D eigenvalue weighted by Gasteiger charge is -2.62. The van der Waals surface area contributed by atoms with Crippen molar-refractivity contribution in [3.05, 3.63) is 22.7 Å². The molecule has 8 rings (SSSR count). The number of thiophene rings is 1. The molecule has 6 aliphatic rings. The number of fused-ring (bicyclic) bond motifs is 4. The van der Waals surface area contributed by atoms with Crippen LogP contribution in [0.25, 0.3) is 10.2 Å². The molecule has 0 aromatic carbocycles. The Bertz CT molecular complexity index is 1320. The number of halogens is 7. The second-order valence-electron chi connectivity index (χ2n) is 12.6. The molecule has 0 unspecified atom stereocenters. The highest BCUT2D eigenvalue weighted by molar-refractivity contribution is 7.18. The summed E-state index contributed by atoms with van der Waals surface area (Å²) < 4.78 is 95.9. The molecule has 6 heterocycles. The zero-order chi connectivity index (χ0) is 28.2. The molecular formula is C27H29F7N4OS. The second-order valence-corrected chi connectivity index (χ2v) is 13.7. The van der Waals surface area contributed by atoms with E-state index in [1.807, 2.05) is 0 Å². The van der Waals surface area contributed by atoms with Gasteiger partial charge >= 0.3 is 12.4 Å². The molecule has 40 heavy (non-hydrogen) atoms. The van der Waals surface area contributed by atoms with Crippen LogP contribution >= 0.6 is 11.3 Å². The Labute approximate surface area is 230 Å². The molecule has 2 aliphatic carbocycles. The number of nitrogens with one attached hydrogen (secondary N) is 1. The van der Waals surface area contributed by atoms with E-state index < -0.39 is 36.6 Å². The molecule has 4 saturated heterocycles.